The van der Waals surface area contributed by atoms with Gasteiger partial charge >= 0.3 is 0 Å². The minimum atomic E-state index is -0.682. The van der Waals surface area contributed by atoms with Gasteiger partial charge in [-0.25, -0.2) is 18.3 Å². The molecule has 3 heterocycles. The topological polar surface area (TPSA) is 101 Å². The molecule has 3 aromatic heterocycles. The molecule has 0 radical (unpaired) electrons. The number of hydrogen-bond donors (Lipinski definition) is 1. The quantitative estimate of drug-likeness (QED) is 0.438. The van der Waals surface area contributed by atoms with Crippen LogP contribution in [0.2, 0.25) is 0 Å². The maximum absolute atomic E-state index is 13.7. The van der Waals surface area contributed by atoms with Crippen molar-refractivity contribution < 1.29 is 13.6 Å². The lowest BCUT2D eigenvalue weighted by atomic mass is 10.1. The Bertz CT molecular complexity index is 1600. The molecule has 166 valence electrons. The lowest BCUT2D eigenvalue weighted by Crippen LogP contribution is -2.12. The minimum Gasteiger partial charge on any atom is -0.305 e. The molecule has 0 bridgehead atoms. The number of imidazole rings is 1. The molecule has 2 aromatic carbocycles. The van der Waals surface area contributed by atoms with Gasteiger partial charge in [-0.2, -0.15) is 15.5 Å². The van der Waals surface area contributed by atoms with Crippen LogP contribution in [-0.2, 0) is 7.05 Å². The highest BCUT2D eigenvalue weighted by atomic mass is 19.1. The number of aryl methyl sites for hydroxylation is 1. The van der Waals surface area contributed by atoms with E-state index in [1.807, 2.05) is 12.3 Å². The Labute approximate surface area is 191 Å². The number of hydrogen-bond acceptors (Lipinski definition) is 5. The number of amides is 1. The predicted octanol–water partition coefficient (Wildman–Crippen LogP) is 4.20. The first kappa shape index (κ1) is 21.0. The number of aromatic nitrogens is 5. The molecule has 0 fully saturated rings. The van der Waals surface area contributed by atoms with Crippen LogP contribution in [0.5, 0.6) is 0 Å². The van der Waals surface area contributed by atoms with Gasteiger partial charge in [0.05, 0.1) is 23.5 Å². The lowest BCUT2D eigenvalue weighted by Gasteiger charge is -2.03. The summed E-state index contributed by atoms with van der Waals surface area (Å²) in [6, 6.07) is 14.7. The van der Waals surface area contributed by atoms with E-state index in [1.54, 1.807) is 36.0 Å². The molecule has 0 spiro atoms. The molecule has 0 aliphatic rings. The monoisotopic (exact) mass is 455 g/mol. The van der Waals surface area contributed by atoms with Crippen molar-refractivity contribution in [1.29, 1.82) is 5.26 Å². The number of nitriles is 1. The van der Waals surface area contributed by atoms with Crippen LogP contribution >= 0.6 is 0 Å². The molecule has 0 saturated carbocycles. The van der Waals surface area contributed by atoms with Crippen molar-refractivity contribution in [1.82, 2.24) is 24.4 Å². The standard InChI is InChI=1S/C24H15F2N7O/c1-32-12-19(23(31-32)15-2-4-17(25)5-3-15)20-6-7-22-28-21(13-33(22)30-20)29-24(34)16-8-14(11-27)9-18(26)10-16/h2-10,12-13H,1H3,(H,29,34). The maximum atomic E-state index is 13.7. The molecule has 5 aromatic rings. The zero-order chi connectivity index (χ0) is 23.8. The van der Waals surface area contributed by atoms with E-state index in [4.69, 9.17) is 5.26 Å². The van der Waals surface area contributed by atoms with E-state index < -0.39 is 11.7 Å². The van der Waals surface area contributed by atoms with E-state index in [1.165, 1.54) is 28.9 Å². The number of nitrogens with one attached hydrogen (secondary N) is 1. The lowest BCUT2D eigenvalue weighted by molar-refractivity contribution is 0.102. The highest BCUT2D eigenvalue weighted by Crippen LogP contribution is 2.30. The van der Waals surface area contributed by atoms with Gasteiger partial charge in [0, 0.05) is 29.9 Å². The fourth-order valence-electron chi connectivity index (χ4n) is 3.56. The van der Waals surface area contributed by atoms with E-state index in [-0.39, 0.29) is 22.8 Å². The van der Waals surface area contributed by atoms with Gasteiger partial charge in [0.15, 0.2) is 11.5 Å². The fraction of sp³-hybridized carbons (Fsp3) is 0.0417. The molecule has 0 atom stereocenters. The first-order chi connectivity index (χ1) is 16.4. The van der Waals surface area contributed by atoms with E-state index in [2.05, 4.69) is 20.5 Å². The first-order valence-electron chi connectivity index (χ1n) is 10.1. The fourth-order valence-corrected chi connectivity index (χ4v) is 3.56. The summed E-state index contributed by atoms with van der Waals surface area (Å²) in [5, 5.41) is 20.6. The zero-order valence-corrected chi connectivity index (χ0v) is 17.7. The van der Waals surface area contributed by atoms with E-state index in [0.29, 0.717) is 17.0 Å². The first-order valence-corrected chi connectivity index (χ1v) is 10.1. The van der Waals surface area contributed by atoms with Crippen molar-refractivity contribution in [3.8, 4) is 28.6 Å². The molecule has 0 unspecified atom stereocenters. The number of carbonyl (C=O) groups excluding carboxylic acids is 1. The van der Waals surface area contributed by atoms with Crippen LogP contribution in [0, 0.1) is 23.0 Å². The summed E-state index contributed by atoms with van der Waals surface area (Å²) in [5.74, 6) is -1.41. The van der Waals surface area contributed by atoms with Gasteiger partial charge in [0.25, 0.3) is 5.91 Å². The van der Waals surface area contributed by atoms with Crippen molar-refractivity contribution in [2.24, 2.45) is 7.05 Å². The van der Waals surface area contributed by atoms with Gasteiger partial charge in [-0.05, 0) is 54.6 Å². The van der Waals surface area contributed by atoms with Crippen LogP contribution in [0.1, 0.15) is 15.9 Å². The Morgan fingerprint density at radius 3 is 2.56 bits per heavy atom. The van der Waals surface area contributed by atoms with Gasteiger partial charge in [-0.3, -0.25) is 9.48 Å². The molecule has 0 saturated heterocycles. The van der Waals surface area contributed by atoms with Gasteiger partial charge < -0.3 is 5.32 Å². The maximum Gasteiger partial charge on any atom is 0.257 e. The number of carbonyl (C=O) groups is 1. The number of halogens is 2. The number of anilines is 1. The molecule has 1 N–H and O–H groups in total. The Morgan fingerprint density at radius 2 is 1.79 bits per heavy atom. The third-order valence-corrected chi connectivity index (χ3v) is 5.07. The van der Waals surface area contributed by atoms with Crippen LogP contribution in [0.4, 0.5) is 14.6 Å². The zero-order valence-electron chi connectivity index (χ0n) is 17.7. The predicted molar refractivity (Wildman–Crippen MR) is 120 cm³/mol. The van der Waals surface area contributed by atoms with Crippen molar-refractivity contribution in [3.05, 3.63) is 89.8 Å². The summed E-state index contributed by atoms with van der Waals surface area (Å²) in [5.41, 5.74) is 3.23. The van der Waals surface area contributed by atoms with Crippen LogP contribution < -0.4 is 5.32 Å². The Balaban J connectivity index is 1.46. The summed E-state index contributed by atoms with van der Waals surface area (Å²) in [7, 11) is 1.78. The molecule has 0 aliphatic carbocycles. The number of benzene rings is 2. The Morgan fingerprint density at radius 1 is 1.00 bits per heavy atom. The molecule has 10 heteroatoms. The van der Waals surface area contributed by atoms with E-state index >= 15 is 0 Å². The van der Waals surface area contributed by atoms with Crippen molar-refractivity contribution in [2.45, 2.75) is 0 Å². The minimum absolute atomic E-state index is 0.00144. The number of rotatable bonds is 4. The van der Waals surface area contributed by atoms with E-state index in [9.17, 15) is 13.6 Å². The smallest absolute Gasteiger partial charge is 0.257 e. The van der Waals surface area contributed by atoms with Crippen molar-refractivity contribution in [2.75, 3.05) is 5.32 Å². The van der Waals surface area contributed by atoms with E-state index in [0.717, 1.165) is 23.3 Å². The molecule has 1 amide bonds. The van der Waals surface area contributed by atoms with Crippen LogP contribution in [0.3, 0.4) is 0 Å². The van der Waals surface area contributed by atoms with Gasteiger partial charge in [-0.1, -0.05) is 0 Å². The van der Waals surface area contributed by atoms with Crippen LogP contribution in [0.15, 0.2) is 67.0 Å². The summed E-state index contributed by atoms with van der Waals surface area (Å²) in [4.78, 5) is 16.9. The van der Waals surface area contributed by atoms with Crippen molar-refractivity contribution >= 4 is 17.4 Å². The highest BCUT2D eigenvalue weighted by Gasteiger charge is 2.16. The Kier molecular flexibility index (Phi) is 5.07. The molecule has 0 aliphatic heterocycles. The molecular formula is C24H15F2N7O. The molecule has 5 rings (SSSR count). The molecule has 34 heavy (non-hydrogen) atoms. The van der Waals surface area contributed by atoms with Gasteiger partial charge in [0.2, 0.25) is 0 Å². The molecule has 8 nitrogen and oxygen atoms in total. The summed E-state index contributed by atoms with van der Waals surface area (Å²) in [6.07, 6.45) is 3.33. The average molecular weight is 455 g/mol. The summed E-state index contributed by atoms with van der Waals surface area (Å²) < 4.78 is 30.2. The largest absolute Gasteiger partial charge is 0.305 e. The average Bonchev–Trinajstić information content (AvgIpc) is 3.41. The van der Waals surface area contributed by atoms with Crippen molar-refractivity contribution in [3.63, 3.8) is 0 Å². The normalized spacial score (nSPS) is 10.9. The molecular weight excluding hydrogens is 440 g/mol. The highest BCUT2D eigenvalue weighted by molar-refractivity contribution is 6.04. The second kappa shape index (κ2) is 8.22. The van der Waals surface area contributed by atoms with Gasteiger partial charge in [0.1, 0.15) is 17.3 Å². The third-order valence-electron chi connectivity index (χ3n) is 5.07. The second-order valence-electron chi connectivity index (χ2n) is 7.51. The summed E-state index contributed by atoms with van der Waals surface area (Å²) >= 11 is 0. The van der Waals surface area contributed by atoms with Gasteiger partial charge in [-0.15, -0.1) is 0 Å². The second-order valence-corrected chi connectivity index (χ2v) is 7.51. The Hall–Kier alpha value is -4.91. The third kappa shape index (κ3) is 3.98. The number of fused-ring (bicyclic) bond motifs is 1. The summed E-state index contributed by atoms with van der Waals surface area (Å²) in [6.45, 7) is 0. The van der Waals surface area contributed by atoms with Crippen LogP contribution in [-0.4, -0.2) is 30.3 Å². The number of nitrogens with zero attached hydrogens (tertiary/aromatic N) is 6. The SMILES string of the molecule is Cn1cc(-c2ccc3nc(NC(=O)c4cc(F)cc(C#N)c4)cn3n2)c(-c2ccc(F)cc2)n1. The van der Waals surface area contributed by atoms with Crippen LogP contribution in [0.25, 0.3) is 28.2 Å².